The Morgan fingerprint density at radius 3 is 2.81 bits per heavy atom. The van der Waals surface area contributed by atoms with Crippen molar-refractivity contribution in [3.63, 3.8) is 0 Å². The van der Waals surface area contributed by atoms with Gasteiger partial charge in [-0.05, 0) is 21.0 Å². The minimum Gasteiger partial charge on any atom is -0.387 e. The maximum absolute atomic E-state index is 11.5. The summed E-state index contributed by atoms with van der Waals surface area (Å²) in [6.07, 6.45) is 4.49. The smallest absolute Gasteiger partial charge is 0.326 e. The quantitative estimate of drug-likeness (QED) is 0.743. The van der Waals surface area contributed by atoms with Crippen LogP contribution in [0.1, 0.15) is 6.92 Å². The molecule has 16 heavy (non-hydrogen) atoms. The van der Waals surface area contributed by atoms with E-state index in [1.54, 1.807) is 13.1 Å². The van der Waals surface area contributed by atoms with Gasteiger partial charge in [0.25, 0.3) is 0 Å². The fourth-order valence-electron chi connectivity index (χ4n) is 1.47. The second-order valence-corrected chi connectivity index (χ2v) is 4.36. The minimum absolute atomic E-state index is 0.197. The van der Waals surface area contributed by atoms with E-state index in [1.807, 2.05) is 19.0 Å². The predicted molar refractivity (Wildman–Crippen MR) is 60.2 cm³/mol. The first-order valence-corrected chi connectivity index (χ1v) is 5.04. The van der Waals surface area contributed by atoms with Crippen molar-refractivity contribution in [2.24, 2.45) is 0 Å². The first kappa shape index (κ1) is 12.7. The number of carbonyl (C=O) groups is 1. The molecule has 1 atom stereocenters. The minimum atomic E-state index is -0.945. The molecule has 1 aromatic heterocycles. The molecule has 0 fully saturated rings. The van der Waals surface area contributed by atoms with Gasteiger partial charge in [0.15, 0.2) is 0 Å². The van der Waals surface area contributed by atoms with E-state index in [1.165, 1.54) is 17.1 Å². The molecule has 0 aliphatic rings. The third kappa shape index (κ3) is 4.00. The van der Waals surface area contributed by atoms with Crippen LogP contribution in [0.15, 0.2) is 18.7 Å². The van der Waals surface area contributed by atoms with Gasteiger partial charge in [-0.1, -0.05) is 0 Å². The number of amides is 1. The molecule has 6 nitrogen and oxygen atoms in total. The van der Waals surface area contributed by atoms with E-state index in [0.29, 0.717) is 6.54 Å². The molecule has 1 rings (SSSR count). The van der Waals surface area contributed by atoms with Crippen LogP contribution in [0, 0.1) is 0 Å². The van der Waals surface area contributed by atoms with Crippen molar-refractivity contribution >= 4 is 6.03 Å². The summed E-state index contributed by atoms with van der Waals surface area (Å²) in [5.74, 6) is 0. The number of carbonyl (C=O) groups excluding carboxylic acids is 1. The van der Waals surface area contributed by atoms with E-state index in [0.717, 1.165) is 0 Å². The third-order valence-electron chi connectivity index (χ3n) is 2.02. The fourth-order valence-corrected chi connectivity index (χ4v) is 1.47. The van der Waals surface area contributed by atoms with Crippen LogP contribution in [0.3, 0.4) is 0 Å². The normalized spacial score (nSPS) is 14.8. The summed E-state index contributed by atoms with van der Waals surface area (Å²) >= 11 is 0. The van der Waals surface area contributed by atoms with Gasteiger partial charge in [0, 0.05) is 25.5 Å². The molecule has 0 bridgehead atoms. The van der Waals surface area contributed by atoms with E-state index in [-0.39, 0.29) is 12.6 Å². The molecule has 0 radical (unpaired) electrons. The molecule has 1 aromatic rings. The number of nitrogens with zero attached hydrogens (tertiary/aromatic N) is 3. The Balaban J connectivity index is 2.42. The Bertz CT molecular complexity index is 333. The molecule has 0 aliphatic carbocycles. The Kier molecular flexibility index (Phi) is 4.03. The van der Waals surface area contributed by atoms with Crippen LogP contribution >= 0.6 is 0 Å². The number of imidazole rings is 1. The number of rotatable bonds is 4. The first-order chi connectivity index (χ1) is 7.41. The Hall–Kier alpha value is -1.40. The van der Waals surface area contributed by atoms with Crippen LogP contribution in [0.4, 0.5) is 4.79 Å². The first-order valence-electron chi connectivity index (χ1n) is 5.04. The molecule has 2 N–H and O–H groups in total. The molecule has 0 spiro atoms. The summed E-state index contributed by atoms with van der Waals surface area (Å²) in [6.45, 7) is 2.36. The zero-order chi connectivity index (χ0) is 12.2. The molecular weight excluding hydrogens is 208 g/mol. The highest BCUT2D eigenvalue weighted by Gasteiger charge is 2.22. The van der Waals surface area contributed by atoms with Crippen molar-refractivity contribution < 1.29 is 9.90 Å². The largest absolute Gasteiger partial charge is 0.387 e. The van der Waals surface area contributed by atoms with Gasteiger partial charge in [-0.3, -0.25) is 4.57 Å². The number of aliphatic hydroxyl groups is 1. The van der Waals surface area contributed by atoms with Crippen LogP contribution < -0.4 is 5.32 Å². The molecule has 1 heterocycles. The van der Waals surface area contributed by atoms with E-state index in [9.17, 15) is 9.90 Å². The third-order valence-corrected chi connectivity index (χ3v) is 2.02. The van der Waals surface area contributed by atoms with Gasteiger partial charge in [-0.25, -0.2) is 9.78 Å². The highest BCUT2D eigenvalue weighted by Crippen LogP contribution is 2.02. The molecule has 0 aromatic carbocycles. The lowest BCUT2D eigenvalue weighted by molar-refractivity contribution is 0.0360. The van der Waals surface area contributed by atoms with Gasteiger partial charge >= 0.3 is 6.03 Å². The Labute approximate surface area is 94.9 Å². The summed E-state index contributed by atoms with van der Waals surface area (Å²) in [4.78, 5) is 17.2. The average molecular weight is 226 g/mol. The second-order valence-electron chi connectivity index (χ2n) is 4.36. The SMILES string of the molecule is CN(C)CC(C)(O)CNC(=O)n1ccnc1. The van der Waals surface area contributed by atoms with Gasteiger partial charge in [-0.15, -0.1) is 0 Å². The summed E-state index contributed by atoms with van der Waals surface area (Å²) in [7, 11) is 3.73. The molecule has 0 aliphatic heterocycles. The molecule has 6 heteroatoms. The van der Waals surface area contributed by atoms with E-state index >= 15 is 0 Å². The predicted octanol–water partition coefficient (Wildman–Crippen LogP) is -0.247. The maximum atomic E-state index is 11.5. The lowest BCUT2D eigenvalue weighted by atomic mass is 10.1. The Morgan fingerprint density at radius 2 is 2.31 bits per heavy atom. The van der Waals surface area contributed by atoms with Crippen LogP contribution in [0.5, 0.6) is 0 Å². The lowest BCUT2D eigenvalue weighted by Crippen LogP contribution is -2.47. The van der Waals surface area contributed by atoms with E-state index in [4.69, 9.17) is 0 Å². The number of hydrogen-bond donors (Lipinski definition) is 2. The summed E-state index contributed by atoms with van der Waals surface area (Å²) in [5.41, 5.74) is -0.945. The molecule has 90 valence electrons. The van der Waals surface area contributed by atoms with E-state index < -0.39 is 5.60 Å². The average Bonchev–Trinajstić information content (AvgIpc) is 2.64. The molecular formula is C10H18N4O2. The number of aromatic nitrogens is 2. The number of hydrogen-bond acceptors (Lipinski definition) is 4. The monoisotopic (exact) mass is 226 g/mol. The molecule has 1 unspecified atom stereocenters. The Morgan fingerprint density at radius 1 is 1.62 bits per heavy atom. The molecule has 0 saturated heterocycles. The van der Waals surface area contributed by atoms with Crippen LogP contribution in [0.2, 0.25) is 0 Å². The van der Waals surface area contributed by atoms with Gasteiger partial charge in [0.05, 0.1) is 5.60 Å². The van der Waals surface area contributed by atoms with Crippen molar-refractivity contribution in [2.75, 3.05) is 27.2 Å². The molecule has 1 amide bonds. The van der Waals surface area contributed by atoms with Gasteiger partial charge in [0.2, 0.25) is 0 Å². The van der Waals surface area contributed by atoms with Gasteiger partial charge < -0.3 is 15.3 Å². The topological polar surface area (TPSA) is 70.4 Å². The fraction of sp³-hybridized carbons (Fsp3) is 0.600. The highest BCUT2D eigenvalue weighted by atomic mass is 16.3. The van der Waals surface area contributed by atoms with Crippen LogP contribution in [-0.2, 0) is 0 Å². The van der Waals surface area contributed by atoms with Gasteiger partial charge in [0.1, 0.15) is 6.33 Å². The zero-order valence-electron chi connectivity index (χ0n) is 9.84. The second kappa shape index (κ2) is 5.09. The highest BCUT2D eigenvalue weighted by molar-refractivity contribution is 5.76. The maximum Gasteiger partial charge on any atom is 0.326 e. The van der Waals surface area contributed by atoms with Crippen LogP contribution in [-0.4, -0.2) is 58.4 Å². The zero-order valence-corrected chi connectivity index (χ0v) is 9.84. The van der Waals surface area contributed by atoms with Crippen molar-refractivity contribution in [1.82, 2.24) is 19.8 Å². The standard InChI is InChI=1S/C10H18N4O2/c1-10(16,7-13(2)3)6-12-9(15)14-5-4-11-8-14/h4-5,8,16H,6-7H2,1-3H3,(H,12,15). The van der Waals surface area contributed by atoms with Crippen molar-refractivity contribution in [3.8, 4) is 0 Å². The number of nitrogens with one attached hydrogen (secondary N) is 1. The van der Waals surface area contributed by atoms with Crippen molar-refractivity contribution in [3.05, 3.63) is 18.7 Å². The summed E-state index contributed by atoms with van der Waals surface area (Å²) in [5, 5.41) is 12.6. The number of likely N-dealkylation sites (N-methyl/N-ethyl adjacent to an activating group) is 1. The molecule has 0 saturated carbocycles. The summed E-state index contributed by atoms with van der Waals surface area (Å²) < 4.78 is 1.33. The van der Waals surface area contributed by atoms with Crippen molar-refractivity contribution in [2.45, 2.75) is 12.5 Å². The van der Waals surface area contributed by atoms with Gasteiger partial charge in [-0.2, -0.15) is 0 Å². The van der Waals surface area contributed by atoms with Crippen LogP contribution in [0.25, 0.3) is 0 Å². The van der Waals surface area contributed by atoms with E-state index in [2.05, 4.69) is 10.3 Å². The lowest BCUT2D eigenvalue weighted by Gasteiger charge is -2.26. The summed E-state index contributed by atoms with van der Waals surface area (Å²) in [6, 6.07) is -0.295. The van der Waals surface area contributed by atoms with Crippen molar-refractivity contribution in [1.29, 1.82) is 0 Å².